The molecule has 0 atom stereocenters. The van der Waals surface area contributed by atoms with Gasteiger partial charge in [-0.25, -0.2) is 0 Å². The maximum Gasteiger partial charge on any atom is 0.127 e. The number of hydrogen-bond acceptors (Lipinski definition) is 2. The highest BCUT2D eigenvalue weighted by Gasteiger charge is 2.17. The first-order valence-electron chi connectivity index (χ1n) is 8.30. The van der Waals surface area contributed by atoms with Gasteiger partial charge >= 0.3 is 0 Å². The molecule has 2 aromatic rings. The normalized spacial score (nSPS) is 17.1. The Hall–Kier alpha value is -1.77. The maximum absolute atomic E-state index is 7.21. The van der Waals surface area contributed by atoms with Crippen molar-refractivity contribution < 1.29 is 8.85 Å². The number of benzene rings is 2. The molecule has 1 heterocycles. The van der Waals surface area contributed by atoms with E-state index in [2.05, 4.69) is 23.5 Å². The Kier molecular flexibility index (Phi) is 4.12. The van der Waals surface area contributed by atoms with Crippen LogP contribution in [-0.4, -0.2) is 13.5 Å². The molecule has 2 nitrogen and oxygen atoms in total. The first-order chi connectivity index (χ1) is 11.0. The van der Waals surface area contributed by atoms with Crippen molar-refractivity contribution in [3.8, 4) is 5.75 Å². The van der Waals surface area contributed by atoms with Gasteiger partial charge in [-0.05, 0) is 42.7 Å². The molecular weight excluding hydrogens is 282 g/mol. The van der Waals surface area contributed by atoms with E-state index >= 15 is 0 Å². The number of para-hydroxylation sites is 1. The number of hydrogen-bond donors (Lipinski definition) is 1. The lowest BCUT2D eigenvalue weighted by Gasteiger charge is -2.10. The molecular formula is C18H20ClNO. The Morgan fingerprint density at radius 1 is 1.14 bits per heavy atom. The van der Waals surface area contributed by atoms with Crippen molar-refractivity contribution in [2.75, 3.05) is 13.5 Å². The predicted octanol–water partition coefficient (Wildman–Crippen LogP) is 4.04. The summed E-state index contributed by atoms with van der Waals surface area (Å²) in [6.07, 6.45) is 2.72. The van der Waals surface area contributed by atoms with Crippen molar-refractivity contribution in [2.45, 2.75) is 13.0 Å². The van der Waals surface area contributed by atoms with Gasteiger partial charge in [0, 0.05) is 9.68 Å². The summed E-state index contributed by atoms with van der Waals surface area (Å²) in [5.41, 5.74) is 4.43. The van der Waals surface area contributed by atoms with Gasteiger partial charge in [0.2, 0.25) is 0 Å². The molecule has 1 N–H and O–H groups in total. The van der Waals surface area contributed by atoms with Crippen molar-refractivity contribution in [1.29, 1.82) is 0 Å². The standard InChI is InChI=1S/C18H19NO.ClH/c1-19-12-6-10-16-15-8-3-2-7-14(15)13-20-18-11-5-4-9-17(16)18;/h2-5,7-11,19H,6,12-13H2,1H3;1H/i1D3;. The van der Waals surface area contributed by atoms with Crippen molar-refractivity contribution in [1.82, 2.24) is 5.32 Å². The van der Waals surface area contributed by atoms with Crippen molar-refractivity contribution in [3.05, 3.63) is 71.3 Å². The number of halogens is 1. The largest absolute Gasteiger partial charge is 0.488 e. The van der Waals surface area contributed by atoms with E-state index in [4.69, 9.17) is 8.85 Å². The lowest BCUT2D eigenvalue weighted by atomic mass is 9.93. The first-order valence-corrected chi connectivity index (χ1v) is 6.80. The van der Waals surface area contributed by atoms with Gasteiger partial charge in [0.05, 0.1) is 0 Å². The number of fused-ring (bicyclic) bond motifs is 2. The minimum absolute atomic E-state index is 0. The summed E-state index contributed by atoms with van der Waals surface area (Å²) in [4.78, 5) is 0. The van der Waals surface area contributed by atoms with Gasteiger partial charge in [0.25, 0.3) is 0 Å². The highest BCUT2D eigenvalue weighted by atomic mass is 35.5. The van der Waals surface area contributed by atoms with E-state index < -0.39 is 6.98 Å². The maximum atomic E-state index is 7.21. The average molecular weight is 305 g/mol. The van der Waals surface area contributed by atoms with Crippen molar-refractivity contribution >= 4 is 18.0 Å². The van der Waals surface area contributed by atoms with Gasteiger partial charge in [-0.15, -0.1) is 12.4 Å². The van der Waals surface area contributed by atoms with Crippen LogP contribution < -0.4 is 10.1 Å². The smallest absolute Gasteiger partial charge is 0.127 e. The fourth-order valence-electron chi connectivity index (χ4n) is 2.53. The third kappa shape index (κ3) is 3.29. The predicted molar refractivity (Wildman–Crippen MR) is 90.1 cm³/mol. The van der Waals surface area contributed by atoms with Crippen LogP contribution in [0.2, 0.25) is 0 Å². The molecule has 0 amide bonds. The summed E-state index contributed by atoms with van der Waals surface area (Å²) in [6.45, 7) is -1.15. The fraction of sp³-hybridized carbons (Fsp3) is 0.222. The van der Waals surface area contributed by atoms with Crippen LogP contribution in [0, 0.1) is 0 Å². The second-order valence-electron chi connectivity index (χ2n) is 4.78. The van der Waals surface area contributed by atoms with Crippen molar-refractivity contribution in [2.24, 2.45) is 0 Å². The second kappa shape index (κ2) is 7.30. The Balaban J connectivity index is 0.00000208. The van der Waals surface area contributed by atoms with Crippen LogP contribution in [0.3, 0.4) is 0 Å². The highest BCUT2D eigenvalue weighted by Crippen LogP contribution is 2.36. The molecule has 0 radical (unpaired) electrons. The Morgan fingerprint density at radius 2 is 1.90 bits per heavy atom. The number of nitrogens with one attached hydrogen (secondary N) is 1. The molecule has 0 unspecified atom stereocenters. The molecule has 0 saturated carbocycles. The molecule has 3 rings (SSSR count). The molecule has 0 aromatic heterocycles. The van der Waals surface area contributed by atoms with Crippen LogP contribution in [0.15, 0.2) is 54.6 Å². The zero-order valence-corrected chi connectivity index (χ0v) is 12.5. The minimum Gasteiger partial charge on any atom is -0.488 e. The summed E-state index contributed by atoms with van der Waals surface area (Å²) >= 11 is 0. The molecule has 0 saturated heterocycles. The molecule has 21 heavy (non-hydrogen) atoms. The monoisotopic (exact) mass is 304 g/mol. The third-order valence-electron chi connectivity index (χ3n) is 3.49. The van der Waals surface area contributed by atoms with Crippen LogP contribution in [0.4, 0.5) is 0 Å². The second-order valence-corrected chi connectivity index (χ2v) is 4.78. The summed E-state index contributed by atoms with van der Waals surface area (Å²) in [7, 11) is 0. The minimum atomic E-state index is -2.10. The summed E-state index contributed by atoms with van der Waals surface area (Å²) in [6, 6.07) is 16.1. The molecule has 3 heteroatoms. The van der Waals surface area contributed by atoms with Crippen molar-refractivity contribution in [3.63, 3.8) is 0 Å². The zero-order chi connectivity index (χ0) is 16.3. The molecule has 0 spiro atoms. The van der Waals surface area contributed by atoms with E-state index in [1.54, 1.807) is 0 Å². The lowest BCUT2D eigenvalue weighted by Crippen LogP contribution is -2.06. The summed E-state index contributed by atoms with van der Waals surface area (Å²) in [5.74, 6) is 0.860. The Bertz CT molecular complexity index is 679. The van der Waals surface area contributed by atoms with Gasteiger partial charge < -0.3 is 10.1 Å². The van der Waals surface area contributed by atoms with Crippen LogP contribution >= 0.6 is 12.4 Å². The summed E-state index contributed by atoms with van der Waals surface area (Å²) < 4.78 is 27.5. The molecule has 2 aromatic carbocycles. The molecule has 0 fully saturated rings. The molecule has 0 aliphatic carbocycles. The van der Waals surface area contributed by atoms with Crippen LogP contribution in [-0.2, 0) is 6.61 Å². The van der Waals surface area contributed by atoms with E-state index in [1.807, 2.05) is 36.4 Å². The van der Waals surface area contributed by atoms with E-state index in [1.165, 1.54) is 0 Å². The van der Waals surface area contributed by atoms with E-state index in [0.717, 1.165) is 28.0 Å². The van der Waals surface area contributed by atoms with E-state index in [9.17, 15) is 0 Å². The zero-order valence-electron chi connectivity index (χ0n) is 14.6. The van der Waals surface area contributed by atoms with E-state index in [-0.39, 0.29) is 12.4 Å². The molecule has 1 aliphatic heterocycles. The van der Waals surface area contributed by atoms with Crippen LogP contribution in [0.25, 0.3) is 5.57 Å². The molecule has 0 bridgehead atoms. The van der Waals surface area contributed by atoms with Gasteiger partial charge in [0.15, 0.2) is 0 Å². The van der Waals surface area contributed by atoms with Gasteiger partial charge in [0.1, 0.15) is 12.4 Å². The van der Waals surface area contributed by atoms with Gasteiger partial charge in [-0.1, -0.05) is 48.5 Å². The van der Waals surface area contributed by atoms with Crippen LogP contribution in [0.5, 0.6) is 5.75 Å². The average Bonchev–Trinajstić information content (AvgIpc) is 2.68. The number of rotatable bonds is 3. The Labute approximate surface area is 136 Å². The summed E-state index contributed by atoms with van der Waals surface area (Å²) in [5, 5.41) is 2.55. The quantitative estimate of drug-likeness (QED) is 0.864. The fourth-order valence-corrected chi connectivity index (χ4v) is 2.53. The Morgan fingerprint density at radius 3 is 2.76 bits per heavy atom. The topological polar surface area (TPSA) is 21.3 Å². The molecule has 1 aliphatic rings. The number of ether oxygens (including phenoxy) is 1. The first kappa shape index (κ1) is 11.8. The molecule has 110 valence electrons. The van der Waals surface area contributed by atoms with Gasteiger partial charge in [-0.3, -0.25) is 0 Å². The SMILES string of the molecule is Cl.[2H]C([2H])([2H])NCCC=C1c2ccccc2COc2ccccc21. The van der Waals surface area contributed by atoms with Gasteiger partial charge in [-0.2, -0.15) is 0 Å². The van der Waals surface area contributed by atoms with Crippen LogP contribution in [0.1, 0.15) is 27.2 Å². The highest BCUT2D eigenvalue weighted by molar-refractivity contribution is 5.85. The lowest BCUT2D eigenvalue weighted by molar-refractivity contribution is 0.307. The van der Waals surface area contributed by atoms with E-state index in [0.29, 0.717) is 19.6 Å². The third-order valence-corrected chi connectivity index (χ3v) is 3.49.